The number of carbonyl (C=O) groups is 1. The third kappa shape index (κ3) is 4.97. The molecule has 29 heavy (non-hydrogen) atoms. The summed E-state index contributed by atoms with van der Waals surface area (Å²) in [7, 11) is -3.61. The first kappa shape index (κ1) is 20.7. The highest BCUT2D eigenvalue weighted by molar-refractivity contribution is 7.89. The molecule has 3 aliphatic rings. The van der Waals surface area contributed by atoms with Crippen LogP contribution in [-0.2, 0) is 24.2 Å². The maximum Gasteiger partial charge on any atom is 0.253 e. The number of nitrogens with zero attached hydrogens (tertiary/aromatic N) is 1. The second-order valence-electron chi connectivity index (χ2n) is 7.75. The van der Waals surface area contributed by atoms with Gasteiger partial charge in [0.25, 0.3) is 5.91 Å². The molecular formula is C20H28N2O6S. The largest absolute Gasteiger partial charge is 0.377 e. The summed E-state index contributed by atoms with van der Waals surface area (Å²) in [6.45, 7) is 3.53. The van der Waals surface area contributed by atoms with E-state index in [1.165, 1.54) is 12.1 Å². The van der Waals surface area contributed by atoms with Gasteiger partial charge in [0.15, 0.2) is 6.29 Å². The van der Waals surface area contributed by atoms with Crippen molar-refractivity contribution in [3.8, 4) is 0 Å². The lowest BCUT2D eigenvalue weighted by atomic mass is 9.95. The summed E-state index contributed by atoms with van der Waals surface area (Å²) in [6, 6.07) is 6.13. The van der Waals surface area contributed by atoms with Gasteiger partial charge >= 0.3 is 0 Å². The van der Waals surface area contributed by atoms with E-state index in [1.54, 1.807) is 12.1 Å². The van der Waals surface area contributed by atoms with Crippen LogP contribution in [0.25, 0.3) is 0 Å². The van der Waals surface area contributed by atoms with E-state index in [9.17, 15) is 13.2 Å². The quantitative estimate of drug-likeness (QED) is 0.741. The van der Waals surface area contributed by atoms with Gasteiger partial charge in [0.05, 0.1) is 24.2 Å². The van der Waals surface area contributed by atoms with Gasteiger partial charge in [0.2, 0.25) is 10.0 Å². The maximum absolute atomic E-state index is 12.8. The maximum atomic E-state index is 12.8. The van der Waals surface area contributed by atoms with Crippen LogP contribution in [0.3, 0.4) is 0 Å². The van der Waals surface area contributed by atoms with Gasteiger partial charge in [-0.1, -0.05) is 0 Å². The second kappa shape index (κ2) is 9.09. The predicted octanol–water partition coefficient (Wildman–Crippen LogP) is 1.37. The monoisotopic (exact) mass is 424 g/mol. The Kier molecular flexibility index (Phi) is 6.50. The van der Waals surface area contributed by atoms with Crippen molar-refractivity contribution in [3.05, 3.63) is 29.8 Å². The third-order valence-corrected chi connectivity index (χ3v) is 7.24. The Labute approximate surface area is 171 Å². The van der Waals surface area contributed by atoms with E-state index in [0.29, 0.717) is 44.4 Å². The first-order valence-electron chi connectivity index (χ1n) is 10.3. The van der Waals surface area contributed by atoms with Crippen molar-refractivity contribution >= 4 is 15.9 Å². The highest BCUT2D eigenvalue weighted by atomic mass is 32.2. The number of sulfonamides is 1. The lowest BCUT2D eigenvalue weighted by Gasteiger charge is -2.33. The molecule has 1 amide bonds. The Balaban J connectivity index is 1.31. The summed E-state index contributed by atoms with van der Waals surface area (Å²) in [5.41, 5.74) is 0.495. The SMILES string of the molecule is O=C(c1ccc(S(=O)(=O)NCC2CCCO2)cc1)N1CCC(C2OCCO2)CC1. The lowest BCUT2D eigenvalue weighted by molar-refractivity contribution is -0.0956. The minimum absolute atomic E-state index is 0.0615. The van der Waals surface area contributed by atoms with E-state index in [1.807, 2.05) is 4.90 Å². The number of hydrogen-bond donors (Lipinski definition) is 1. The smallest absolute Gasteiger partial charge is 0.253 e. The number of hydrogen-bond acceptors (Lipinski definition) is 6. The first-order valence-corrected chi connectivity index (χ1v) is 11.7. The van der Waals surface area contributed by atoms with Gasteiger partial charge in [0.1, 0.15) is 0 Å². The molecule has 1 aromatic rings. The molecule has 4 rings (SSSR count). The predicted molar refractivity (Wildman–Crippen MR) is 105 cm³/mol. The standard InChI is InChI=1S/C20H28N2O6S/c23-19(22-9-7-16(8-10-22)20-27-12-13-28-20)15-3-5-18(6-4-15)29(24,25)21-14-17-2-1-11-26-17/h3-6,16-17,20-21H,1-2,7-14H2. The van der Waals surface area contributed by atoms with Gasteiger partial charge in [-0.3, -0.25) is 4.79 Å². The minimum Gasteiger partial charge on any atom is -0.377 e. The summed E-state index contributed by atoms with van der Waals surface area (Å²) in [6.07, 6.45) is 3.31. The fourth-order valence-corrected chi connectivity index (χ4v) is 5.14. The average Bonchev–Trinajstić information content (AvgIpc) is 3.46. The Bertz CT molecular complexity index is 793. The van der Waals surface area contributed by atoms with Crippen LogP contribution >= 0.6 is 0 Å². The average molecular weight is 425 g/mol. The van der Waals surface area contributed by atoms with E-state index in [-0.39, 0.29) is 29.7 Å². The Morgan fingerprint density at radius 1 is 1.00 bits per heavy atom. The second-order valence-corrected chi connectivity index (χ2v) is 9.52. The Morgan fingerprint density at radius 2 is 1.69 bits per heavy atom. The van der Waals surface area contributed by atoms with Crippen LogP contribution in [0.2, 0.25) is 0 Å². The van der Waals surface area contributed by atoms with Crippen LogP contribution < -0.4 is 4.72 Å². The summed E-state index contributed by atoms with van der Waals surface area (Å²) in [5.74, 6) is 0.247. The molecular weight excluding hydrogens is 396 g/mol. The summed E-state index contributed by atoms with van der Waals surface area (Å²) >= 11 is 0. The topological polar surface area (TPSA) is 94.2 Å². The molecule has 0 aliphatic carbocycles. The molecule has 3 saturated heterocycles. The molecule has 9 heteroatoms. The Hall–Kier alpha value is -1.52. The van der Waals surface area contributed by atoms with Crippen molar-refractivity contribution < 1.29 is 27.4 Å². The lowest BCUT2D eigenvalue weighted by Crippen LogP contribution is -2.41. The van der Waals surface area contributed by atoms with E-state index in [0.717, 1.165) is 25.7 Å². The summed E-state index contributed by atoms with van der Waals surface area (Å²) in [4.78, 5) is 14.7. The van der Waals surface area contributed by atoms with Crippen molar-refractivity contribution in [1.82, 2.24) is 9.62 Å². The van der Waals surface area contributed by atoms with Crippen molar-refractivity contribution in [3.63, 3.8) is 0 Å². The third-order valence-electron chi connectivity index (χ3n) is 5.80. The zero-order chi connectivity index (χ0) is 20.3. The summed E-state index contributed by atoms with van der Waals surface area (Å²) < 4.78 is 44.1. The van der Waals surface area contributed by atoms with E-state index < -0.39 is 10.0 Å². The highest BCUT2D eigenvalue weighted by Gasteiger charge is 2.32. The van der Waals surface area contributed by atoms with Crippen LogP contribution in [0.4, 0.5) is 0 Å². The molecule has 3 aliphatic heterocycles. The number of amides is 1. The fourth-order valence-electron chi connectivity index (χ4n) is 4.07. The number of piperidine rings is 1. The zero-order valence-electron chi connectivity index (χ0n) is 16.4. The molecule has 0 aromatic heterocycles. The number of likely N-dealkylation sites (tertiary alicyclic amines) is 1. The zero-order valence-corrected chi connectivity index (χ0v) is 17.2. The molecule has 3 fully saturated rings. The van der Waals surface area contributed by atoms with E-state index in [2.05, 4.69) is 4.72 Å². The van der Waals surface area contributed by atoms with Crippen LogP contribution in [0, 0.1) is 5.92 Å². The molecule has 8 nitrogen and oxygen atoms in total. The molecule has 0 bridgehead atoms. The van der Waals surface area contributed by atoms with Crippen molar-refractivity contribution in [2.75, 3.05) is 39.5 Å². The van der Waals surface area contributed by atoms with Gasteiger partial charge in [-0.15, -0.1) is 0 Å². The van der Waals surface area contributed by atoms with Gasteiger partial charge in [-0.2, -0.15) is 0 Å². The number of benzene rings is 1. The molecule has 0 radical (unpaired) electrons. The molecule has 160 valence electrons. The van der Waals surface area contributed by atoms with Crippen molar-refractivity contribution in [2.45, 2.75) is 43.0 Å². The molecule has 1 atom stereocenters. The molecule has 1 aromatic carbocycles. The van der Waals surface area contributed by atoms with Crippen molar-refractivity contribution in [1.29, 1.82) is 0 Å². The van der Waals surface area contributed by atoms with E-state index in [4.69, 9.17) is 14.2 Å². The van der Waals surface area contributed by atoms with Crippen LogP contribution in [0.5, 0.6) is 0 Å². The molecule has 0 saturated carbocycles. The van der Waals surface area contributed by atoms with Gasteiger partial charge in [0, 0.05) is 37.7 Å². The first-order chi connectivity index (χ1) is 14.0. The number of nitrogens with one attached hydrogen (secondary N) is 1. The summed E-state index contributed by atoms with van der Waals surface area (Å²) in [5, 5.41) is 0. The molecule has 3 heterocycles. The normalized spacial score (nSPS) is 24.3. The van der Waals surface area contributed by atoms with Gasteiger partial charge in [-0.25, -0.2) is 13.1 Å². The minimum atomic E-state index is -3.61. The van der Waals surface area contributed by atoms with Crippen molar-refractivity contribution in [2.24, 2.45) is 5.92 Å². The number of rotatable bonds is 6. The van der Waals surface area contributed by atoms with Crippen LogP contribution in [0.15, 0.2) is 29.2 Å². The molecule has 1 N–H and O–H groups in total. The van der Waals surface area contributed by atoms with Gasteiger partial charge < -0.3 is 19.1 Å². The van der Waals surface area contributed by atoms with Gasteiger partial charge in [-0.05, 0) is 49.9 Å². The Morgan fingerprint density at radius 3 is 2.31 bits per heavy atom. The van der Waals surface area contributed by atoms with Crippen LogP contribution in [0.1, 0.15) is 36.0 Å². The number of ether oxygens (including phenoxy) is 3. The van der Waals surface area contributed by atoms with E-state index >= 15 is 0 Å². The fraction of sp³-hybridized carbons (Fsp3) is 0.650. The molecule has 0 spiro atoms. The molecule has 1 unspecified atom stereocenters. The van der Waals surface area contributed by atoms with Crippen LogP contribution in [-0.4, -0.2) is 71.1 Å². The highest BCUT2D eigenvalue weighted by Crippen LogP contribution is 2.26. The number of carbonyl (C=O) groups excluding carboxylic acids is 1.